The van der Waals surface area contributed by atoms with Gasteiger partial charge in [-0.3, -0.25) is 0 Å². The molecule has 1 saturated heterocycles. The zero-order chi connectivity index (χ0) is 12.4. The van der Waals surface area contributed by atoms with Crippen molar-refractivity contribution in [1.82, 2.24) is 15.1 Å². The molecule has 3 heterocycles. The molecule has 1 aliphatic rings. The Hall–Kier alpha value is -1.60. The number of nitrogens with two attached hydrogens (primary N) is 1. The second-order valence-corrected chi connectivity index (χ2v) is 5.01. The van der Waals surface area contributed by atoms with Gasteiger partial charge in [0.15, 0.2) is 0 Å². The van der Waals surface area contributed by atoms with Gasteiger partial charge >= 0.3 is 0 Å². The summed E-state index contributed by atoms with van der Waals surface area (Å²) in [6.45, 7) is 0.724. The maximum Gasteiger partial charge on any atom is 0.258 e. The molecule has 18 heavy (non-hydrogen) atoms. The molecule has 6 nitrogen and oxygen atoms in total. The largest absolute Gasteiger partial charge is 0.384 e. The summed E-state index contributed by atoms with van der Waals surface area (Å²) in [4.78, 5) is 8.27. The van der Waals surface area contributed by atoms with Crippen molar-refractivity contribution in [2.24, 2.45) is 0 Å². The standard InChI is InChI=1S/C11H12N4O2S/c12-9-5-7(1-2-13-9)11-14-10(15-17-11)8-6-18-4-3-16-8/h1-2,5,8H,3-4,6H2,(H2,12,13). The first-order chi connectivity index (χ1) is 8.83. The normalized spacial score (nSPS) is 19.9. The van der Waals surface area contributed by atoms with Crippen LogP contribution in [0.1, 0.15) is 11.9 Å². The predicted molar refractivity (Wildman–Crippen MR) is 68.0 cm³/mol. The molecule has 1 fully saturated rings. The molecule has 1 unspecified atom stereocenters. The third-order valence-corrected chi connectivity index (χ3v) is 3.57. The molecule has 2 aromatic heterocycles. The number of ether oxygens (including phenoxy) is 1. The van der Waals surface area contributed by atoms with Gasteiger partial charge in [-0.1, -0.05) is 5.16 Å². The van der Waals surface area contributed by atoms with Gasteiger partial charge in [0.25, 0.3) is 5.89 Å². The minimum absolute atomic E-state index is 0.0829. The first-order valence-electron chi connectivity index (χ1n) is 5.58. The molecular formula is C11H12N4O2S. The zero-order valence-corrected chi connectivity index (χ0v) is 10.4. The summed E-state index contributed by atoms with van der Waals surface area (Å²) < 4.78 is 10.8. The van der Waals surface area contributed by atoms with E-state index >= 15 is 0 Å². The van der Waals surface area contributed by atoms with E-state index in [1.807, 2.05) is 11.8 Å². The predicted octanol–water partition coefficient (Wildman–Crippen LogP) is 1.52. The molecule has 0 bridgehead atoms. The summed E-state index contributed by atoms with van der Waals surface area (Å²) >= 11 is 1.83. The number of rotatable bonds is 2. The van der Waals surface area contributed by atoms with E-state index in [4.69, 9.17) is 15.0 Å². The van der Waals surface area contributed by atoms with Crippen LogP contribution in [0.4, 0.5) is 5.82 Å². The van der Waals surface area contributed by atoms with E-state index in [0.29, 0.717) is 17.5 Å². The molecule has 1 aliphatic heterocycles. The minimum Gasteiger partial charge on any atom is -0.384 e. The van der Waals surface area contributed by atoms with Crippen LogP contribution in [0.15, 0.2) is 22.9 Å². The van der Waals surface area contributed by atoms with Gasteiger partial charge in [-0.25, -0.2) is 4.98 Å². The zero-order valence-electron chi connectivity index (χ0n) is 9.57. The van der Waals surface area contributed by atoms with Crippen LogP contribution in [0.2, 0.25) is 0 Å². The van der Waals surface area contributed by atoms with E-state index in [2.05, 4.69) is 15.1 Å². The summed E-state index contributed by atoms with van der Waals surface area (Å²) in [6.07, 6.45) is 1.53. The lowest BCUT2D eigenvalue weighted by Gasteiger charge is -2.18. The Morgan fingerprint density at radius 1 is 1.44 bits per heavy atom. The van der Waals surface area contributed by atoms with Crippen molar-refractivity contribution in [3.63, 3.8) is 0 Å². The Balaban J connectivity index is 1.84. The first-order valence-corrected chi connectivity index (χ1v) is 6.73. The monoisotopic (exact) mass is 264 g/mol. The van der Waals surface area contributed by atoms with E-state index < -0.39 is 0 Å². The van der Waals surface area contributed by atoms with Gasteiger partial charge < -0.3 is 15.0 Å². The number of hydrogen-bond donors (Lipinski definition) is 1. The second-order valence-electron chi connectivity index (χ2n) is 3.86. The van der Waals surface area contributed by atoms with Crippen LogP contribution in [-0.4, -0.2) is 33.2 Å². The summed E-state index contributed by atoms with van der Waals surface area (Å²) in [6, 6.07) is 3.48. The van der Waals surface area contributed by atoms with E-state index in [-0.39, 0.29) is 6.10 Å². The van der Waals surface area contributed by atoms with Gasteiger partial charge in [0, 0.05) is 23.3 Å². The highest BCUT2D eigenvalue weighted by atomic mass is 32.2. The van der Waals surface area contributed by atoms with Gasteiger partial charge in [0.1, 0.15) is 11.9 Å². The third-order valence-electron chi connectivity index (χ3n) is 2.57. The van der Waals surface area contributed by atoms with Crippen molar-refractivity contribution in [2.45, 2.75) is 6.10 Å². The molecule has 3 rings (SSSR count). The van der Waals surface area contributed by atoms with Gasteiger partial charge in [-0.05, 0) is 12.1 Å². The highest BCUT2D eigenvalue weighted by Gasteiger charge is 2.22. The van der Waals surface area contributed by atoms with Crippen LogP contribution >= 0.6 is 11.8 Å². The summed E-state index contributed by atoms with van der Waals surface area (Å²) in [5.41, 5.74) is 6.38. The number of anilines is 1. The fourth-order valence-corrected chi connectivity index (χ4v) is 2.54. The molecule has 0 spiro atoms. The van der Waals surface area contributed by atoms with E-state index in [1.165, 1.54) is 0 Å². The highest BCUT2D eigenvalue weighted by Crippen LogP contribution is 2.26. The van der Waals surface area contributed by atoms with Crippen molar-refractivity contribution < 1.29 is 9.26 Å². The molecule has 1 atom stereocenters. The summed E-state index contributed by atoms with van der Waals surface area (Å²) in [5, 5.41) is 3.96. The Morgan fingerprint density at radius 3 is 3.17 bits per heavy atom. The molecule has 0 aromatic carbocycles. The van der Waals surface area contributed by atoms with E-state index in [0.717, 1.165) is 23.7 Å². The lowest BCUT2D eigenvalue weighted by Crippen LogP contribution is -2.16. The molecular weight excluding hydrogens is 252 g/mol. The third kappa shape index (κ3) is 2.32. The van der Waals surface area contributed by atoms with Crippen molar-refractivity contribution in [1.29, 1.82) is 0 Å². The van der Waals surface area contributed by atoms with Gasteiger partial charge in [0.2, 0.25) is 5.82 Å². The molecule has 2 aromatic rings. The fraction of sp³-hybridized carbons (Fsp3) is 0.364. The van der Waals surface area contributed by atoms with Crippen molar-refractivity contribution in [3.8, 4) is 11.5 Å². The topological polar surface area (TPSA) is 87.1 Å². The van der Waals surface area contributed by atoms with Gasteiger partial charge in [0.05, 0.1) is 6.61 Å². The maximum absolute atomic E-state index is 5.62. The van der Waals surface area contributed by atoms with E-state index in [1.54, 1.807) is 18.3 Å². The first kappa shape index (κ1) is 11.5. The Kier molecular flexibility index (Phi) is 3.16. The summed E-state index contributed by atoms with van der Waals surface area (Å²) in [5.74, 6) is 3.34. The number of aromatic nitrogens is 3. The average Bonchev–Trinajstić information content (AvgIpc) is 2.89. The molecule has 0 aliphatic carbocycles. The number of nitrogen functional groups attached to an aromatic ring is 1. The number of pyridine rings is 1. The van der Waals surface area contributed by atoms with E-state index in [9.17, 15) is 0 Å². The molecule has 2 N–H and O–H groups in total. The molecule has 7 heteroatoms. The van der Waals surface area contributed by atoms with Crippen molar-refractivity contribution in [2.75, 3.05) is 23.8 Å². The highest BCUT2D eigenvalue weighted by molar-refractivity contribution is 7.99. The van der Waals surface area contributed by atoms with Crippen LogP contribution in [-0.2, 0) is 4.74 Å². The average molecular weight is 264 g/mol. The van der Waals surface area contributed by atoms with Crippen molar-refractivity contribution >= 4 is 17.6 Å². The quantitative estimate of drug-likeness (QED) is 0.879. The van der Waals surface area contributed by atoms with Crippen LogP contribution in [0.25, 0.3) is 11.5 Å². The van der Waals surface area contributed by atoms with Crippen LogP contribution < -0.4 is 5.73 Å². The smallest absolute Gasteiger partial charge is 0.258 e. The molecule has 94 valence electrons. The summed E-state index contributed by atoms with van der Waals surface area (Å²) in [7, 11) is 0. The van der Waals surface area contributed by atoms with Crippen LogP contribution in [0, 0.1) is 0 Å². The van der Waals surface area contributed by atoms with Gasteiger partial charge in [-0.2, -0.15) is 16.7 Å². The SMILES string of the molecule is Nc1cc(-c2nc(C3CSCCO3)no2)ccn1. The maximum atomic E-state index is 5.62. The second kappa shape index (κ2) is 4.95. The lowest BCUT2D eigenvalue weighted by atomic mass is 10.2. The molecule has 0 radical (unpaired) electrons. The fourth-order valence-electron chi connectivity index (χ4n) is 1.70. The van der Waals surface area contributed by atoms with Gasteiger partial charge in [-0.15, -0.1) is 0 Å². The Bertz CT molecular complexity index is 539. The minimum atomic E-state index is -0.0829. The van der Waals surface area contributed by atoms with Crippen molar-refractivity contribution in [3.05, 3.63) is 24.2 Å². The molecule has 0 saturated carbocycles. The lowest BCUT2D eigenvalue weighted by molar-refractivity contribution is 0.0677. The number of nitrogens with zero attached hydrogens (tertiary/aromatic N) is 3. The Labute approximate surface area is 108 Å². The number of hydrogen-bond acceptors (Lipinski definition) is 7. The Morgan fingerprint density at radius 2 is 2.39 bits per heavy atom. The van der Waals surface area contributed by atoms with Crippen LogP contribution in [0.3, 0.4) is 0 Å². The van der Waals surface area contributed by atoms with Crippen LogP contribution in [0.5, 0.6) is 0 Å². The molecule has 0 amide bonds. The number of thioether (sulfide) groups is 1.